The Morgan fingerprint density at radius 2 is 2.18 bits per heavy atom. The van der Waals surface area contributed by atoms with Gasteiger partial charge in [-0.1, -0.05) is 6.92 Å². The first-order valence-electron chi connectivity index (χ1n) is 4.66. The van der Waals surface area contributed by atoms with Crippen molar-refractivity contribution < 1.29 is 0 Å². The fourth-order valence-corrected chi connectivity index (χ4v) is 1.97. The normalized spacial score (nSPS) is 28.4. The van der Waals surface area contributed by atoms with Crippen LogP contribution in [0.4, 0.5) is 0 Å². The Morgan fingerprint density at radius 3 is 2.91 bits per heavy atom. The van der Waals surface area contributed by atoms with Crippen molar-refractivity contribution in [3.05, 3.63) is 0 Å². The molecule has 0 saturated carbocycles. The van der Waals surface area contributed by atoms with E-state index in [1.54, 1.807) is 0 Å². The van der Waals surface area contributed by atoms with Gasteiger partial charge in [-0.05, 0) is 38.3 Å². The lowest BCUT2D eigenvalue weighted by Gasteiger charge is -2.17. The Morgan fingerprint density at radius 1 is 1.36 bits per heavy atom. The zero-order valence-corrected chi connectivity index (χ0v) is 8.32. The second-order valence-corrected chi connectivity index (χ2v) is 4.05. The van der Waals surface area contributed by atoms with Gasteiger partial charge in [0.15, 0.2) is 0 Å². The average Bonchev–Trinajstić information content (AvgIpc) is 2.17. The highest BCUT2D eigenvalue weighted by atomic mass is 32.1. The van der Waals surface area contributed by atoms with Gasteiger partial charge in [-0.2, -0.15) is 12.6 Å². The van der Waals surface area contributed by atoms with Gasteiger partial charge in [0.1, 0.15) is 0 Å². The molecular weight excluding hydrogens is 154 g/mol. The highest BCUT2D eigenvalue weighted by Crippen LogP contribution is 2.15. The lowest BCUT2D eigenvalue weighted by molar-refractivity contribution is 0.300. The van der Waals surface area contributed by atoms with Crippen LogP contribution in [0.15, 0.2) is 0 Å². The van der Waals surface area contributed by atoms with E-state index < -0.39 is 0 Å². The topological polar surface area (TPSA) is 3.24 Å². The van der Waals surface area contributed by atoms with Crippen LogP contribution in [0.1, 0.15) is 26.2 Å². The van der Waals surface area contributed by atoms with Crippen LogP contribution in [-0.2, 0) is 0 Å². The van der Waals surface area contributed by atoms with Gasteiger partial charge in [-0.15, -0.1) is 0 Å². The average molecular weight is 173 g/mol. The number of thiol groups is 1. The van der Waals surface area contributed by atoms with Gasteiger partial charge in [0.2, 0.25) is 0 Å². The van der Waals surface area contributed by atoms with E-state index in [0.717, 1.165) is 11.7 Å². The van der Waals surface area contributed by atoms with Crippen molar-refractivity contribution >= 4 is 12.6 Å². The molecule has 2 heteroatoms. The lowest BCUT2D eigenvalue weighted by Crippen LogP contribution is -2.26. The van der Waals surface area contributed by atoms with Crippen molar-refractivity contribution in [1.29, 1.82) is 0 Å². The smallest absolute Gasteiger partial charge is 0.00698 e. The molecule has 1 rings (SSSR count). The van der Waals surface area contributed by atoms with Crippen LogP contribution in [0.3, 0.4) is 0 Å². The van der Waals surface area contributed by atoms with Gasteiger partial charge in [0.05, 0.1) is 0 Å². The van der Waals surface area contributed by atoms with Gasteiger partial charge >= 0.3 is 0 Å². The Bertz CT molecular complexity index is 106. The largest absolute Gasteiger partial charge is 0.303 e. The van der Waals surface area contributed by atoms with Crippen molar-refractivity contribution in [1.82, 2.24) is 4.90 Å². The van der Waals surface area contributed by atoms with E-state index in [-0.39, 0.29) is 0 Å². The van der Waals surface area contributed by atoms with Crippen LogP contribution in [0, 0.1) is 5.92 Å². The summed E-state index contributed by atoms with van der Waals surface area (Å²) in [6.07, 6.45) is 4.19. The molecule has 0 spiro atoms. The Hall–Kier alpha value is 0.310. The first kappa shape index (κ1) is 9.40. The monoisotopic (exact) mass is 173 g/mol. The summed E-state index contributed by atoms with van der Waals surface area (Å²) in [4.78, 5) is 2.54. The molecule has 1 aliphatic rings. The third-order valence-electron chi connectivity index (χ3n) is 2.53. The van der Waals surface area contributed by atoms with Gasteiger partial charge < -0.3 is 4.90 Å². The molecule has 0 aromatic heterocycles. The van der Waals surface area contributed by atoms with Crippen LogP contribution >= 0.6 is 12.6 Å². The molecule has 1 saturated heterocycles. The first-order chi connectivity index (χ1) is 5.33. The number of likely N-dealkylation sites (tertiary alicyclic amines) is 1. The van der Waals surface area contributed by atoms with Crippen LogP contribution in [0.2, 0.25) is 0 Å². The molecule has 1 atom stereocenters. The molecule has 0 N–H and O–H groups in total. The molecular formula is C9H19NS. The van der Waals surface area contributed by atoms with Crippen LogP contribution in [0.5, 0.6) is 0 Å². The first-order valence-corrected chi connectivity index (χ1v) is 5.29. The summed E-state index contributed by atoms with van der Waals surface area (Å²) >= 11 is 4.25. The molecule has 0 aromatic carbocycles. The highest BCUT2D eigenvalue weighted by molar-refractivity contribution is 7.80. The van der Waals surface area contributed by atoms with Crippen molar-refractivity contribution in [2.24, 2.45) is 5.92 Å². The maximum atomic E-state index is 4.25. The quantitative estimate of drug-likeness (QED) is 0.625. The van der Waals surface area contributed by atoms with Gasteiger partial charge in [-0.3, -0.25) is 0 Å². The van der Waals surface area contributed by atoms with Crippen molar-refractivity contribution in [2.45, 2.75) is 26.2 Å². The minimum absolute atomic E-state index is 0.944. The molecule has 0 aromatic rings. The van der Waals surface area contributed by atoms with Crippen molar-refractivity contribution in [2.75, 3.05) is 25.4 Å². The number of hydrogen-bond donors (Lipinski definition) is 1. The van der Waals surface area contributed by atoms with Gasteiger partial charge in [-0.25, -0.2) is 0 Å². The zero-order chi connectivity index (χ0) is 8.10. The molecule has 11 heavy (non-hydrogen) atoms. The predicted molar refractivity (Wildman–Crippen MR) is 53.3 cm³/mol. The Kier molecular flexibility index (Phi) is 4.31. The Labute approximate surface area is 75.6 Å². The van der Waals surface area contributed by atoms with E-state index in [1.807, 2.05) is 0 Å². The second kappa shape index (κ2) is 5.04. The van der Waals surface area contributed by atoms with Crippen LogP contribution in [-0.4, -0.2) is 30.3 Å². The molecule has 1 heterocycles. The molecule has 66 valence electrons. The number of nitrogens with zero attached hydrogens (tertiary/aromatic N) is 1. The Balaban J connectivity index is 2.22. The van der Waals surface area contributed by atoms with E-state index in [4.69, 9.17) is 0 Å². The van der Waals surface area contributed by atoms with E-state index in [1.165, 1.54) is 38.9 Å². The number of rotatable bonds is 2. The third kappa shape index (κ3) is 3.48. The summed E-state index contributed by atoms with van der Waals surface area (Å²) in [6, 6.07) is 0. The van der Waals surface area contributed by atoms with E-state index in [9.17, 15) is 0 Å². The molecule has 1 unspecified atom stereocenters. The maximum absolute atomic E-state index is 4.25. The van der Waals surface area contributed by atoms with Gasteiger partial charge in [0, 0.05) is 12.3 Å². The van der Waals surface area contributed by atoms with Gasteiger partial charge in [0.25, 0.3) is 0 Å². The maximum Gasteiger partial charge on any atom is 0.00698 e. The highest BCUT2D eigenvalue weighted by Gasteiger charge is 2.12. The standard InChI is InChI=1S/C9H19NS/c1-9-3-2-5-10(6-4-9)7-8-11/h9,11H,2-8H2,1H3. The molecule has 0 aliphatic carbocycles. The number of hydrogen-bond acceptors (Lipinski definition) is 2. The summed E-state index contributed by atoms with van der Waals surface area (Å²) in [7, 11) is 0. The van der Waals surface area contributed by atoms with Crippen LogP contribution in [0.25, 0.3) is 0 Å². The summed E-state index contributed by atoms with van der Waals surface area (Å²) in [6.45, 7) is 6.13. The fraction of sp³-hybridized carbons (Fsp3) is 1.00. The molecule has 1 aliphatic heterocycles. The summed E-state index contributed by atoms with van der Waals surface area (Å²) in [5, 5.41) is 0. The zero-order valence-electron chi connectivity index (χ0n) is 7.42. The predicted octanol–water partition coefficient (Wildman–Crippen LogP) is 2.04. The SMILES string of the molecule is CC1CCCN(CCS)CC1. The molecule has 1 fully saturated rings. The van der Waals surface area contributed by atoms with E-state index in [2.05, 4.69) is 24.5 Å². The molecule has 0 bridgehead atoms. The fourth-order valence-electron chi connectivity index (χ4n) is 1.69. The van der Waals surface area contributed by atoms with Crippen molar-refractivity contribution in [3.63, 3.8) is 0 Å². The molecule has 0 amide bonds. The third-order valence-corrected chi connectivity index (χ3v) is 2.73. The van der Waals surface area contributed by atoms with E-state index >= 15 is 0 Å². The van der Waals surface area contributed by atoms with Crippen LogP contribution < -0.4 is 0 Å². The minimum Gasteiger partial charge on any atom is -0.303 e. The molecule has 1 nitrogen and oxygen atoms in total. The summed E-state index contributed by atoms with van der Waals surface area (Å²) in [5.41, 5.74) is 0. The van der Waals surface area contributed by atoms with E-state index in [0.29, 0.717) is 0 Å². The van der Waals surface area contributed by atoms with Crippen molar-refractivity contribution in [3.8, 4) is 0 Å². The summed E-state index contributed by atoms with van der Waals surface area (Å²) in [5.74, 6) is 1.95. The summed E-state index contributed by atoms with van der Waals surface area (Å²) < 4.78 is 0. The minimum atomic E-state index is 0.944. The molecule has 0 radical (unpaired) electrons. The second-order valence-electron chi connectivity index (χ2n) is 3.60. The lowest BCUT2D eigenvalue weighted by atomic mass is 10.0.